The summed E-state index contributed by atoms with van der Waals surface area (Å²) in [5.41, 5.74) is 4.56. The molecule has 2 aromatic heterocycles. The van der Waals surface area contributed by atoms with Gasteiger partial charge in [0.25, 0.3) is 0 Å². The van der Waals surface area contributed by atoms with Crippen molar-refractivity contribution in [1.29, 1.82) is 0 Å². The van der Waals surface area contributed by atoms with E-state index in [1.54, 1.807) is 0 Å². The van der Waals surface area contributed by atoms with Crippen LogP contribution in [-0.4, -0.2) is 21.6 Å². The van der Waals surface area contributed by atoms with Gasteiger partial charge in [-0.05, 0) is 44.5 Å². The van der Waals surface area contributed by atoms with Gasteiger partial charge in [-0.2, -0.15) is 0 Å². The molecule has 0 fully saturated rings. The van der Waals surface area contributed by atoms with Gasteiger partial charge in [0.1, 0.15) is 12.1 Å². The van der Waals surface area contributed by atoms with Crippen molar-refractivity contribution >= 4 is 0 Å². The van der Waals surface area contributed by atoms with E-state index >= 15 is 0 Å². The normalized spacial score (nSPS) is 11.3. The molecule has 19 heavy (non-hydrogen) atoms. The average molecular weight is 258 g/mol. The lowest BCUT2D eigenvalue weighted by Crippen LogP contribution is -2.09. The van der Waals surface area contributed by atoms with Crippen LogP contribution in [0.4, 0.5) is 0 Å². The molecule has 102 valence electrons. The molecule has 0 atom stereocenters. The number of aryl methyl sites for hydroxylation is 1. The van der Waals surface area contributed by atoms with Crippen LogP contribution in [0.3, 0.4) is 0 Å². The first-order chi connectivity index (χ1) is 9.02. The first-order valence-electron chi connectivity index (χ1n) is 6.69. The summed E-state index contributed by atoms with van der Waals surface area (Å²) in [7, 11) is 1.96. The fraction of sp³-hybridized carbons (Fsp3) is 0.467. The van der Waals surface area contributed by atoms with Crippen LogP contribution in [0.2, 0.25) is 0 Å². The number of pyridine rings is 1. The molecule has 0 aliphatic heterocycles. The van der Waals surface area contributed by atoms with Gasteiger partial charge in [0.2, 0.25) is 0 Å². The fourth-order valence-corrected chi connectivity index (χ4v) is 2.05. The van der Waals surface area contributed by atoms with Crippen LogP contribution in [0.5, 0.6) is 0 Å². The Hall–Kier alpha value is -1.68. The Kier molecular flexibility index (Phi) is 4.00. The van der Waals surface area contributed by atoms with E-state index in [-0.39, 0.29) is 0 Å². The third-order valence-electron chi connectivity index (χ3n) is 3.36. The number of rotatable bonds is 4. The molecule has 2 aromatic rings. The summed E-state index contributed by atoms with van der Waals surface area (Å²) in [5.74, 6) is 1.37. The predicted octanol–water partition coefficient (Wildman–Crippen LogP) is 2.73. The minimum atomic E-state index is 0.417. The van der Waals surface area contributed by atoms with Crippen LogP contribution in [0.1, 0.15) is 42.4 Å². The molecular formula is C15H22N4. The molecule has 0 unspecified atom stereocenters. The average Bonchev–Trinajstić information content (AvgIpc) is 2.70. The highest BCUT2D eigenvalue weighted by molar-refractivity contribution is 5.34. The van der Waals surface area contributed by atoms with Crippen molar-refractivity contribution in [2.24, 2.45) is 0 Å². The number of nitrogens with zero attached hydrogens (tertiary/aromatic N) is 3. The highest BCUT2D eigenvalue weighted by Gasteiger charge is 2.10. The number of imidazole rings is 1. The SMILES string of the molecule is CNCc1cc(C(C)C)nc(-n2cnc(C)c2C)c1. The highest BCUT2D eigenvalue weighted by atomic mass is 15.1. The minimum absolute atomic E-state index is 0.417. The molecule has 4 heteroatoms. The number of nitrogens with one attached hydrogen (secondary N) is 1. The van der Waals surface area contributed by atoms with E-state index in [1.807, 2.05) is 20.3 Å². The molecule has 0 aromatic carbocycles. The van der Waals surface area contributed by atoms with Gasteiger partial charge in [0.15, 0.2) is 0 Å². The van der Waals surface area contributed by atoms with Crippen molar-refractivity contribution in [3.05, 3.63) is 41.1 Å². The van der Waals surface area contributed by atoms with E-state index in [9.17, 15) is 0 Å². The van der Waals surface area contributed by atoms with Crippen molar-refractivity contribution in [2.75, 3.05) is 7.05 Å². The van der Waals surface area contributed by atoms with Gasteiger partial charge in [-0.1, -0.05) is 13.8 Å². The van der Waals surface area contributed by atoms with Gasteiger partial charge >= 0.3 is 0 Å². The quantitative estimate of drug-likeness (QED) is 0.917. The molecule has 0 aliphatic rings. The summed E-state index contributed by atoms with van der Waals surface area (Å²) in [6.45, 7) is 9.28. The van der Waals surface area contributed by atoms with Crippen LogP contribution in [0.15, 0.2) is 18.5 Å². The molecule has 0 spiro atoms. The summed E-state index contributed by atoms with van der Waals surface area (Å²) < 4.78 is 2.06. The van der Waals surface area contributed by atoms with Crippen LogP contribution in [0.25, 0.3) is 5.82 Å². The minimum Gasteiger partial charge on any atom is -0.316 e. The molecule has 0 saturated carbocycles. The van der Waals surface area contributed by atoms with Gasteiger partial charge in [-0.3, -0.25) is 4.57 Å². The van der Waals surface area contributed by atoms with Gasteiger partial charge in [-0.15, -0.1) is 0 Å². The maximum absolute atomic E-state index is 4.75. The zero-order chi connectivity index (χ0) is 14.0. The summed E-state index contributed by atoms with van der Waals surface area (Å²) in [6.07, 6.45) is 1.85. The first kappa shape index (κ1) is 13.7. The van der Waals surface area contributed by atoms with Gasteiger partial charge in [0, 0.05) is 17.9 Å². The Morgan fingerprint density at radius 2 is 2.00 bits per heavy atom. The van der Waals surface area contributed by atoms with E-state index in [0.717, 1.165) is 29.4 Å². The maximum Gasteiger partial charge on any atom is 0.138 e. The van der Waals surface area contributed by atoms with Gasteiger partial charge in [-0.25, -0.2) is 9.97 Å². The molecule has 0 aliphatic carbocycles. The van der Waals surface area contributed by atoms with E-state index in [2.05, 4.69) is 47.8 Å². The second-order valence-electron chi connectivity index (χ2n) is 5.23. The molecule has 2 rings (SSSR count). The van der Waals surface area contributed by atoms with Crippen LogP contribution >= 0.6 is 0 Å². The highest BCUT2D eigenvalue weighted by Crippen LogP contribution is 2.19. The van der Waals surface area contributed by atoms with Crippen LogP contribution < -0.4 is 5.32 Å². The van der Waals surface area contributed by atoms with Crippen molar-refractivity contribution < 1.29 is 0 Å². The number of aromatic nitrogens is 3. The lowest BCUT2D eigenvalue weighted by molar-refractivity contribution is 0.775. The van der Waals surface area contributed by atoms with Gasteiger partial charge < -0.3 is 5.32 Å². The third kappa shape index (κ3) is 2.84. The summed E-state index contributed by atoms with van der Waals surface area (Å²) in [6, 6.07) is 4.29. The standard InChI is InChI=1S/C15H22N4/c1-10(2)14-6-13(8-16-5)7-15(18-14)19-9-17-11(3)12(19)4/h6-7,9-10,16H,8H2,1-5H3. The van der Waals surface area contributed by atoms with Crippen molar-refractivity contribution in [2.45, 2.75) is 40.2 Å². The Morgan fingerprint density at radius 3 is 2.53 bits per heavy atom. The van der Waals surface area contributed by atoms with E-state index in [0.29, 0.717) is 5.92 Å². The van der Waals surface area contributed by atoms with Crippen LogP contribution in [-0.2, 0) is 6.54 Å². The molecule has 0 saturated heterocycles. The predicted molar refractivity (Wildman–Crippen MR) is 77.7 cm³/mol. The Bertz CT molecular complexity index is 570. The zero-order valence-electron chi connectivity index (χ0n) is 12.4. The lowest BCUT2D eigenvalue weighted by Gasteiger charge is -2.12. The molecule has 4 nitrogen and oxygen atoms in total. The number of hydrogen-bond acceptors (Lipinski definition) is 3. The zero-order valence-corrected chi connectivity index (χ0v) is 12.4. The van der Waals surface area contributed by atoms with E-state index in [1.165, 1.54) is 5.56 Å². The third-order valence-corrected chi connectivity index (χ3v) is 3.36. The lowest BCUT2D eigenvalue weighted by atomic mass is 10.1. The first-order valence-corrected chi connectivity index (χ1v) is 6.69. The van der Waals surface area contributed by atoms with Crippen molar-refractivity contribution in [3.8, 4) is 5.82 Å². The molecule has 2 heterocycles. The Labute approximate surface area is 114 Å². The molecule has 0 bridgehead atoms. The van der Waals surface area contributed by atoms with E-state index in [4.69, 9.17) is 4.98 Å². The largest absolute Gasteiger partial charge is 0.316 e. The molecular weight excluding hydrogens is 236 g/mol. The van der Waals surface area contributed by atoms with Gasteiger partial charge in [0.05, 0.1) is 5.69 Å². The number of hydrogen-bond donors (Lipinski definition) is 1. The van der Waals surface area contributed by atoms with E-state index < -0.39 is 0 Å². The van der Waals surface area contributed by atoms with Crippen molar-refractivity contribution in [3.63, 3.8) is 0 Å². The second kappa shape index (κ2) is 5.53. The maximum atomic E-state index is 4.75. The van der Waals surface area contributed by atoms with Crippen LogP contribution in [0, 0.1) is 13.8 Å². The Balaban J connectivity index is 2.52. The summed E-state index contributed by atoms with van der Waals surface area (Å²) in [5, 5.41) is 3.20. The second-order valence-corrected chi connectivity index (χ2v) is 5.23. The summed E-state index contributed by atoms with van der Waals surface area (Å²) >= 11 is 0. The Morgan fingerprint density at radius 1 is 1.26 bits per heavy atom. The molecule has 0 radical (unpaired) electrons. The molecule has 0 amide bonds. The summed E-state index contributed by atoms with van der Waals surface area (Å²) in [4.78, 5) is 9.10. The smallest absolute Gasteiger partial charge is 0.138 e. The molecule has 1 N–H and O–H groups in total. The fourth-order valence-electron chi connectivity index (χ4n) is 2.05. The monoisotopic (exact) mass is 258 g/mol. The topological polar surface area (TPSA) is 42.7 Å². The van der Waals surface area contributed by atoms with Crippen molar-refractivity contribution in [1.82, 2.24) is 19.9 Å².